The number of halogens is 3. The lowest BCUT2D eigenvalue weighted by Gasteiger charge is -2.15. The second kappa shape index (κ2) is 6.75. The van der Waals surface area contributed by atoms with Crippen molar-refractivity contribution in [2.24, 2.45) is 0 Å². The van der Waals surface area contributed by atoms with Crippen molar-refractivity contribution >= 4 is 0 Å². The first kappa shape index (κ1) is 15.0. The van der Waals surface area contributed by atoms with Crippen LogP contribution in [0.5, 0.6) is 0 Å². The maximum absolute atomic E-state index is 13.7. The standard InChI is InChI=1S/C13H17F3O2/c1-8-5-9(2)13(10(14)6-8)11(17)3-4-18-7-12(15)16/h5-6,11-12,17H,3-4,7H2,1-2H3. The maximum Gasteiger partial charge on any atom is 0.261 e. The minimum atomic E-state index is -2.53. The molecule has 18 heavy (non-hydrogen) atoms. The van der Waals surface area contributed by atoms with Crippen molar-refractivity contribution < 1.29 is 23.0 Å². The van der Waals surface area contributed by atoms with E-state index in [-0.39, 0.29) is 18.6 Å². The van der Waals surface area contributed by atoms with Crippen molar-refractivity contribution in [3.05, 3.63) is 34.6 Å². The summed E-state index contributed by atoms with van der Waals surface area (Å²) >= 11 is 0. The topological polar surface area (TPSA) is 29.5 Å². The van der Waals surface area contributed by atoms with Gasteiger partial charge in [-0.1, -0.05) is 6.07 Å². The third-order valence-electron chi connectivity index (χ3n) is 2.59. The molecule has 102 valence electrons. The van der Waals surface area contributed by atoms with Gasteiger partial charge in [0.15, 0.2) is 0 Å². The molecule has 1 N–H and O–H groups in total. The molecule has 0 aromatic heterocycles. The minimum absolute atomic E-state index is 0.0295. The van der Waals surface area contributed by atoms with Gasteiger partial charge in [-0.15, -0.1) is 0 Å². The molecule has 0 saturated carbocycles. The largest absolute Gasteiger partial charge is 0.388 e. The Kier molecular flexibility index (Phi) is 5.62. The van der Waals surface area contributed by atoms with E-state index >= 15 is 0 Å². The summed E-state index contributed by atoms with van der Waals surface area (Å²) in [6.07, 6.45) is -3.48. The van der Waals surface area contributed by atoms with Gasteiger partial charge in [0, 0.05) is 18.6 Å². The Balaban J connectivity index is 2.59. The zero-order valence-corrected chi connectivity index (χ0v) is 10.4. The third kappa shape index (κ3) is 4.31. The Bertz CT molecular complexity index is 371. The van der Waals surface area contributed by atoms with Gasteiger partial charge in [0.1, 0.15) is 12.4 Å². The number of benzene rings is 1. The first-order valence-electron chi connectivity index (χ1n) is 5.72. The highest BCUT2D eigenvalue weighted by Gasteiger charge is 2.16. The fourth-order valence-electron chi connectivity index (χ4n) is 1.86. The van der Waals surface area contributed by atoms with Crippen LogP contribution in [-0.2, 0) is 4.74 Å². The van der Waals surface area contributed by atoms with Crippen LogP contribution in [-0.4, -0.2) is 24.7 Å². The van der Waals surface area contributed by atoms with Crippen molar-refractivity contribution in [2.75, 3.05) is 13.2 Å². The summed E-state index contributed by atoms with van der Waals surface area (Å²) in [6.45, 7) is 2.77. The number of aliphatic hydroxyl groups excluding tert-OH is 1. The first-order valence-corrected chi connectivity index (χ1v) is 5.72. The van der Waals surface area contributed by atoms with Gasteiger partial charge >= 0.3 is 0 Å². The lowest BCUT2D eigenvalue weighted by Crippen LogP contribution is -2.10. The number of aryl methyl sites for hydroxylation is 2. The third-order valence-corrected chi connectivity index (χ3v) is 2.59. The van der Waals surface area contributed by atoms with Crippen LogP contribution in [0.15, 0.2) is 12.1 Å². The lowest BCUT2D eigenvalue weighted by molar-refractivity contribution is 0.00441. The highest BCUT2D eigenvalue weighted by Crippen LogP contribution is 2.25. The molecule has 2 nitrogen and oxygen atoms in total. The SMILES string of the molecule is Cc1cc(C)c(C(O)CCOCC(F)F)c(F)c1. The van der Waals surface area contributed by atoms with Crippen LogP contribution >= 0.6 is 0 Å². The average Bonchev–Trinajstić information content (AvgIpc) is 2.22. The molecule has 1 atom stereocenters. The number of hydrogen-bond acceptors (Lipinski definition) is 2. The first-order chi connectivity index (χ1) is 8.41. The highest BCUT2D eigenvalue weighted by atomic mass is 19.3. The second-order valence-corrected chi connectivity index (χ2v) is 4.25. The van der Waals surface area contributed by atoms with Crippen molar-refractivity contribution in [1.82, 2.24) is 0 Å². The monoisotopic (exact) mass is 262 g/mol. The molecule has 0 aliphatic heterocycles. The Morgan fingerprint density at radius 1 is 1.28 bits per heavy atom. The van der Waals surface area contributed by atoms with Gasteiger partial charge in [0.2, 0.25) is 0 Å². The van der Waals surface area contributed by atoms with Crippen molar-refractivity contribution in [2.45, 2.75) is 32.8 Å². The predicted octanol–water partition coefficient (Wildman–Crippen LogP) is 3.15. The van der Waals surface area contributed by atoms with E-state index in [1.807, 2.05) is 0 Å². The molecule has 5 heteroatoms. The molecule has 0 bridgehead atoms. The highest BCUT2D eigenvalue weighted by molar-refractivity contribution is 5.33. The van der Waals surface area contributed by atoms with Crippen LogP contribution in [0.3, 0.4) is 0 Å². The van der Waals surface area contributed by atoms with Crippen LogP contribution in [0.1, 0.15) is 29.2 Å². The van der Waals surface area contributed by atoms with Crippen LogP contribution in [0, 0.1) is 19.7 Å². The predicted molar refractivity (Wildman–Crippen MR) is 62.3 cm³/mol. The second-order valence-electron chi connectivity index (χ2n) is 4.25. The van der Waals surface area contributed by atoms with Gasteiger partial charge in [0.05, 0.1) is 6.10 Å². The van der Waals surface area contributed by atoms with E-state index in [9.17, 15) is 18.3 Å². The molecule has 0 amide bonds. The smallest absolute Gasteiger partial charge is 0.261 e. The van der Waals surface area contributed by atoms with Crippen LogP contribution in [0.2, 0.25) is 0 Å². The van der Waals surface area contributed by atoms with Crippen LogP contribution in [0.25, 0.3) is 0 Å². The molecule has 1 rings (SSSR count). The van der Waals surface area contributed by atoms with Gasteiger partial charge in [-0.25, -0.2) is 13.2 Å². The normalized spacial score (nSPS) is 13.1. The van der Waals surface area contributed by atoms with Gasteiger partial charge < -0.3 is 9.84 Å². The summed E-state index contributed by atoms with van der Waals surface area (Å²) in [5.41, 5.74) is 1.63. The number of rotatable bonds is 6. The van der Waals surface area contributed by atoms with Gasteiger partial charge in [0.25, 0.3) is 6.43 Å². The summed E-state index contributed by atoms with van der Waals surface area (Å²) in [5.74, 6) is -0.478. The molecule has 0 heterocycles. The molecular formula is C13H17F3O2. The van der Waals surface area contributed by atoms with E-state index in [0.29, 0.717) is 5.56 Å². The summed E-state index contributed by atoms with van der Waals surface area (Å²) in [7, 11) is 0. The Morgan fingerprint density at radius 2 is 1.94 bits per heavy atom. The van der Waals surface area contributed by atoms with E-state index in [1.165, 1.54) is 6.07 Å². The summed E-state index contributed by atoms with van der Waals surface area (Å²) in [6, 6.07) is 3.10. The average molecular weight is 262 g/mol. The maximum atomic E-state index is 13.7. The number of hydrogen-bond donors (Lipinski definition) is 1. The Labute approximate surface area is 104 Å². The number of ether oxygens (including phenoxy) is 1. The van der Waals surface area contributed by atoms with Crippen molar-refractivity contribution in [1.29, 1.82) is 0 Å². The van der Waals surface area contributed by atoms with Crippen LogP contribution in [0.4, 0.5) is 13.2 Å². The molecule has 1 aromatic carbocycles. The van der Waals surface area contributed by atoms with Crippen LogP contribution < -0.4 is 0 Å². The molecule has 0 aliphatic rings. The Morgan fingerprint density at radius 3 is 2.50 bits per heavy atom. The molecule has 0 saturated heterocycles. The molecule has 0 radical (unpaired) electrons. The lowest BCUT2D eigenvalue weighted by atomic mass is 9.98. The molecular weight excluding hydrogens is 245 g/mol. The van der Waals surface area contributed by atoms with Gasteiger partial charge in [-0.2, -0.15) is 0 Å². The number of aliphatic hydroxyl groups is 1. The zero-order valence-electron chi connectivity index (χ0n) is 10.4. The molecule has 1 aromatic rings. The molecule has 0 spiro atoms. The van der Waals surface area contributed by atoms with E-state index in [1.54, 1.807) is 19.9 Å². The summed E-state index contributed by atoms with van der Waals surface area (Å²) in [5, 5.41) is 9.83. The van der Waals surface area contributed by atoms with Crippen molar-refractivity contribution in [3.8, 4) is 0 Å². The Hall–Kier alpha value is -1.07. The minimum Gasteiger partial charge on any atom is -0.388 e. The van der Waals surface area contributed by atoms with Gasteiger partial charge in [-0.05, 0) is 31.0 Å². The number of alkyl halides is 2. The van der Waals surface area contributed by atoms with Crippen molar-refractivity contribution in [3.63, 3.8) is 0 Å². The van der Waals surface area contributed by atoms with Gasteiger partial charge in [-0.3, -0.25) is 0 Å². The zero-order chi connectivity index (χ0) is 13.7. The van der Waals surface area contributed by atoms with E-state index in [0.717, 1.165) is 5.56 Å². The van der Waals surface area contributed by atoms with E-state index in [4.69, 9.17) is 0 Å². The van der Waals surface area contributed by atoms with E-state index in [2.05, 4.69) is 4.74 Å². The fourth-order valence-corrected chi connectivity index (χ4v) is 1.86. The fraction of sp³-hybridized carbons (Fsp3) is 0.538. The quantitative estimate of drug-likeness (QED) is 0.798. The van der Waals surface area contributed by atoms with E-state index < -0.39 is 25.0 Å². The molecule has 0 fully saturated rings. The molecule has 1 unspecified atom stereocenters. The summed E-state index contributed by atoms with van der Waals surface area (Å²) in [4.78, 5) is 0. The molecule has 0 aliphatic carbocycles. The summed E-state index contributed by atoms with van der Waals surface area (Å²) < 4.78 is 42.0.